The van der Waals surface area contributed by atoms with Crippen molar-refractivity contribution in [2.45, 2.75) is 45.4 Å². The highest BCUT2D eigenvalue weighted by Gasteiger charge is 2.32. The van der Waals surface area contributed by atoms with Crippen molar-refractivity contribution in [1.29, 1.82) is 0 Å². The van der Waals surface area contributed by atoms with Gasteiger partial charge in [0.25, 0.3) is 0 Å². The lowest BCUT2D eigenvalue weighted by molar-refractivity contribution is -0.118. The summed E-state index contributed by atoms with van der Waals surface area (Å²) in [6, 6.07) is 5.87. The Morgan fingerprint density at radius 1 is 1.35 bits per heavy atom. The highest BCUT2D eigenvalue weighted by molar-refractivity contribution is 9.10. The fourth-order valence-corrected chi connectivity index (χ4v) is 3.27. The molecule has 0 heterocycles. The molecule has 1 aromatic carbocycles. The Labute approximate surface area is 129 Å². The number of anilines is 1. The van der Waals surface area contributed by atoms with Gasteiger partial charge in [0, 0.05) is 16.6 Å². The Morgan fingerprint density at radius 2 is 2.05 bits per heavy atom. The zero-order chi connectivity index (χ0) is 14.6. The number of rotatable bonds is 4. The summed E-state index contributed by atoms with van der Waals surface area (Å²) in [5.41, 5.74) is 7.94. The van der Waals surface area contributed by atoms with Crippen LogP contribution >= 0.6 is 15.9 Å². The number of amides is 1. The molecule has 0 radical (unpaired) electrons. The average molecular weight is 339 g/mol. The molecule has 0 bridgehead atoms. The van der Waals surface area contributed by atoms with Gasteiger partial charge in [-0.25, -0.2) is 0 Å². The molecule has 1 amide bonds. The van der Waals surface area contributed by atoms with Crippen molar-refractivity contribution in [3.63, 3.8) is 0 Å². The predicted molar refractivity (Wildman–Crippen MR) is 86.7 cm³/mol. The molecular weight excluding hydrogens is 316 g/mol. The molecule has 0 unspecified atom stereocenters. The first kappa shape index (κ1) is 15.5. The van der Waals surface area contributed by atoms with Crippen LogP contribution in [0.25, 0.3) is 0 Å². The summed E-state index contributed by atoms with van der Waals surface area (Å²) in [4.78, 5) is 12.3. The van der Waals surface area contributed by atoms with Gasteiger partial charge < -0.3 is 11.1 Å². The molecule has 2 rings (SSSR count). The molecular formula is C16H23BrN2O. The molecule has 1 aliphatic rings. The maximum absolute atomic E-state index is 12.3. The summed E-state index contributed by atoms with van der Waals surface area (Å²) >= 11 is 3.47. The Hall–Kier alpha value is -0.870. The second kappa shape index (κ2) is 6.72. The van der Waals surface area contributed by atoms with Gasteiger partial charge in [-0.2, -0.15) is 0 Å². The van der Waals surface area contributed by atoms with E-state index in [1.165, 1.54) is 19.3 Å². The van der Waals surface area contributed by atoms with Crippen LogP contribution in [0.2, 0.25) is 0 Å². The number of halogens is 1. The molecule has 0 aliphatic heterocycles. The van der Waals surface area contributed by atoms with Gasteiger partial charge >= 0.3 is 0 Å². The second-order valence-electron chi connectivity index (χ2n) is 5.95. The summed E-state index contributed by atoms with van der Waals surface area (Å²) in [7, 11) is 0. The highest BCUT2D eigenvalue weighted by Crippen LogP contribution is 2.38. The molecule has 0 saturated heterocycles. The fourth-order valence-electron chi connectivity index (χ4n) is 3.02. The highest BCUT2D eigenvalue weighted by atomic mass is 79.9. The number of carbonyl (C=O) groups is 1. The van der Waals surface area contributed by atoms with Crippen LogP contribution in [0.15, 0.2) is 22.7 Å². The second-order valence-corrected chi connectivity index (χ2v) is 6.81. The molecule has 3 nitrogen and oxygen atoms in total. The van der Waals surface area contributed by atoms with E-state index in [1.807, 2.05) is 25.1 Å². The number of aryl methyl sites for hydroxylation is 1. The van der Waals surface area contributed by atoms with E-state index in [1.54, 1.807) is 0 Å². The summed E-state index contributed by atoms with van der Waals surface area (Å²) in [5, 5.41) is 3.00. The van der Waals surface area contributed by atoms with Crippen LogP contribution in [-0.2, 0) is 4.79 Å². The monoisotopic (exact) mass is 338 g/mol. The van der Waals surface area contributed by atoms with Crippen LogP contribution in [-0.4, -0.2) is 12.5 Å². The normalized spacial score (nSPS) is 17.8. The van der Waals surface area contributed by atoms with Crippen LogP contribution in [0.3, 0.4) is 0 Å². The zero-order valence-corrected chi connectivity index (χ0v) is 13.6. The van der Waals surface area contributed by atoms with E-state index in [2.05, 4.69) is 21.2 Å². The van der Waals surface area contributed by atoms with Gasteiger partial charge in [0.1, 0.15) is 0 Å². The van der Waals surface area contributed by atoms with Crippen molar-refractivity contribution in [2.75, 3.05) is 11.9 Å². The Balaban J connectivity index is 1.98. The number of carbonyl (C=O) groups excluding carboxylic acids is 1. The number of nitrogens with two attached hydrogens (primary N) is 1. The number of nitrogens with one attached hydrogen (secondary N) is 1. The van der Waals surface area contributed by atoms with E-state index < -0.39 is 0 Å². The Bertz CT molecular complexity index is 481. The number of hydrogen-bond donors (Lipinski definition) is 2. The van der Waals surface area contributed by atoms with Crippen molar-refractivity contribution < 1.29 is 4.79 Å². The summed E-state index contributed by atoms with van der Waals surface area (Å²) in [6.45, 7) is 2.63. The smallest absolute Gasteiger partial charge is 0.224 e. The van der Waals surface area contributed by atoms with E-state index >= 15 is 0 Å². The van der Waals surface area contributed by atoms with Gasteiger partial charge in [-0.15, -0.1) is 0 Å². The van der Waals surface area contributed by atoms with Crippen LogP contribution in [0.5, 0.6) is 0 Å². The van der Waals surface area contributed by atoms with Gasteiger partial charge in [0.15, 0.2) is 0 Å². The molecule has 20 heavy (non-hydrogen) atoms. The van der Waals surface area contributed by atoms with Crippen molar-refractivity contribution >= 4 is 27.5 Å². The third-order valence-electron chi connectivity index (χ3n) is 4.32. The molecule has 110 valence electrons. The largest absolute Gasteiger partial charge is 0.330 e. The molecule has 4 heteroatoms. The van der Waals surface area contributed by atoms with E-state index in [0.717, 1.165) is 28.6 Å². The quantitative estimate of drug-likeness (QED) is 0.871. The summed E-state index contributed by atoms with van der Waals surface area (Å²) in [6.07, 6.45) is 6.37. The van der Waals surface area contributed by atoms with Crippen molar-refractivity contribution in [2.24, 2.45) is 11.1 Å². The number of hydrogen-bond acceptors (Lipinski definition) is 2. The molecule has 0 atom stereocenters. The third-order valence-corrected chi connectivity index (χ3v) is 5.21. The minimum absolute atomic E-state index is 0.0206. The van der Waals surface area contributed by atoms with Gasteiger partial charge in [0.2, 0.25) is 5.91 Å². The van der Waals surface area contributed by atoms with Gasteiger partial charge in [-0.3, -0.25) is 4.79 Å². The summed E-state index contributed by atoms with van der Waals surface area (Å²) in [5.74, 6) is 0.0825. The third kappa shape index (κ3) is 3.83. The minimum atomic E-state index is 0.0206. The van der Waals surface area contributed by atoms with Gasteiger partial charge in [-0.1, -0.05) is 35.2 Å². The fraction of sp³-hybridized carbons (Fsp3) is 0.562. The van der Waals surface area contributed by atoms with Gasteiger partial charge in [0.05, 0.1) is 0 Å². The lowest BCUT2D eigenvalue weighted by atomic mass is 9.71. The molecule has 3 N–H and O–H groups in total. The van der Waals surface area contributed by atoms with E-state index in [-0.39, 0.29) is 11.3 Å². The lowest BCUT2D eigenvalue weighted by Gasteiger charge is -2.35. The average Bonchev–Trinajstić information content (AvgIpc) is 2.44. The van der Waals surface area contributed by atoms with Crippen molar-refractivity contribution in [3.05, 3.63) is 28.2 Å². The standard InChI is InChI=1S/C16H23BrN2O/c1-12-9-13(5-6-14(12)17)19-15(20)10-16(11-18)7-3-2-4-8-16/h5-6,9H,2-4,7-8,10-11,18H2,1H3,(H,19,20). The molecule has 1 fully saturated rings. The zero-order valence-electron chi connectivity index (χ0n) is 12.0. The Kier molecular flexibility index (Phi) is 5.22. The first-order valence-corrected chi connectivity index (χ1v) is 8.10. The predicted octanol–water partition coefficient (Wildman–Crippen LogP) is 4.00. The molecule has 1 saturated carbocycles. The van der Waals surface area contributed by atoms with E-state index in [4.69, 9.17) is 5.73 Å². The number of benzene rings is 1. The lowest BCUT2D eigenvalue weighted by Crippen LogP contribution is -2.36. The molecule has 0 spiro atoms. The topological polar surface area (TPSA) is 55.1 Å². The van der Waals surface area contributed by atoms with Crippen LogP contribution in [0.1, 0.15) is 44.1 Å². The minimum Gasteiger partial charge on any atom is -0.330 e. The summed E-state index contributed by atoms with van der Waals surface area (Å²) < 4.78 is 1.06. The maximum Gasteiger partial charge on any atom is 0.224 e. The van der Waals surface area contributed by atoms with Gasteiger partial charge in [-0.05, 0) is 55.5 Å². The first-order valence-electron chi connectivity index (χ1n) is 7.31. The van der Waals surface area contributed by atoms with E-state index in [9.17, 15) is 4.79 Å². The Morgan fingerprint density at radius 3 is 2.65 bits per heavy atom. The van der Waals surface area contributed by atoms with Crippen LogP contribution < -0.4 is 11.1 Å². The van der Waals surface area contributed by atoms with Crippen molar-refractivity contribution in [1.82, 2.24) is 0 Å². The first-order chi connectivity index (χ1) is 9.54. The molecule has 1 aliphatic carbocycles. The molecule has 1 aromatic rings. The molecule has 0 aromatic heterocycles. The van der Waals surface area contributed by atoms with Crippen LogP contribution in [0, 0.1) is 12.3 Å². The van der Waals surface area contributed by atoms with Crippen LogP contribution in [0.4, 0.5) is 5.69 Å². The maximum atomic E-state index is 12.3. The SMILES string of the molecule is Cc1cc(NC(=O)CC2(CN)CCCCC2)ccc1Br. The van der Waals surface area contributed by atoms with E-state index in [0.29, 0.717) is 13.0 Å². The van der Waals surface area contributed by atoms with Crippen molar-refractivity contribution in [3.8, 4) is 0 Å².